The first-order valence-corrected chi connectivity index (χ1v) is 10.7. The summed E-state index contributed by atoms with van der Waals surface area (Å²) in [6, 6.07) is 15.9. The molecule has 0 bridgehead atoms. The van der Waals surface area contributed by atoms with Crippen LogP contribution in [0.4, 0.5) is 13.2 Å². The molecule has 168 valence electrons. The molecule has 0 aliphatic heterocycles. The second kappa shape index (κ2) is 9.03. The van der Waals surface area contributed by atoms with Crippen molar-refractivity contribution in [2.75, 3.05) is 6.54 Å². The normalized spacial score (nSPS) is 11.5. The van der Waals surface area contributed by atoms with Gasteiger partial charge in [-0.2, -0.15) is 13.2 Å². The van der Waals surface area contributed by atoms with Gasteiger partial charge in [-0.3, -0.25) is 14.6 Å². The smallest absolute Gasteiger partial charge is 0.368 e. The van der Waals surface area contributed by atoms with Crippen molar-refractivity contribution in [1.29, 1.82) is 0 Å². The minimum Gasteiger partial charge on any atom is -0.368 e. The number of nitrogens with two attached hydrogens (primary N) is 1. The number of amides is 2. The van der Waals surface area contributed by atoms with E-state index in [2.05, 4.69) is 10.3 Å². The fourth-order valence-electron chi connectivity index (χ4n) is 3.46. The fraction of sp³-hybridized carbons (Fsp3) is 0.125. The Kier molecular flexibility index (Phi) is 6.15. The van der Waals surface area contributed by atoms with Crippen LogP contribution in [0.3, 0.4) is 0 Å². The van der Waals surface area contributed by atoms with Crippen molar-refractivity contribution in [1.82, 2.24) is 10.3 Å². The van der Waals surface area contributed by atoms with Crippen LogP contribution < -0.4 is 11.1 Å². The number of nitrogens with one attached hydrogen (secondary N) is 1. The molecular weight excluding hydrogens is 451 g/mol. The van der Waals surface area contributed by atoms with Crippen LogP contribution in [-0.4, -0.2) is 23.3 Å². The van der Waals surface area contributed by atoms with Gasteiger partial charge in [0.25, 0.3) is 5.91 Å². The van der Waals surface area contributed by atoms with Gasteiger partial charge in [0.2, 0.25) is 5.91 Å². The molecule has 2 heterocycles. The highest BCUT2D eigenvalue weighted by molar-refractivity contribution is 7.19. The van der Waals surface area contributed by atoms with E-state index in [0.717, 1.165) is 38.4 Å². The number of pyridine rings is 1. The van der Waals surface area contributed by atoms with Crippen molar-refractivity contribution in [3.05, 3.63) is 88.4 Å². The van der Waals surface area contributed by atoms with Gasteiger partial charge in [0.15, 0.2) is 0 Å². The highest BCUT2D eigenvalue weighted by Gasteiger charge is 2.30. The zero-order valence-electron chi connectivity index (χ0n) is 17.1. The molecule has 4 rings (SSSR count). The van der Waals surface area contributed by atoms with Crippen molar-refractivity contribution >= 4 is 33.4 Å². The van der Waals surface area contributed by atoms with Gasteiger partial charge in [-0.1, -0.05) is 30.3 Å². The Morgan fingerprint density at radius 3 is 2.58 bits per heavy atom. The lowest BCUT2D eigenvalue weighted by Crippen LogP contribution is -2.33. The van der Waals surface area contributed by atoms with E-state index >= 15 is 0 Å². The number of carbonyl (C=O) groups is 2. The van der Waals surface area contributed by atoms with Gasteiger partial charge >= 0.3 is 6.18 Å². The largest absolute Gasteiger partial charge is 0.416 e. The standard InChI is InChI=1S/C24H18F3N3O2S/c25-24(26,27)17-6-1-3-14(9-17)10-18-12-20-22(33-18)19(7-8-29-20)15-4-2-5-16(11-15)23(32)30-13-21(28)31/h1-9,11-12H,10,13H2,(H2,28,31)(H,30,32). The summed E-state index contributed by atoms with van der Waals surface area (Å²) in [5.74, 6) is -1.06. The van der Waals surface area contributed by atoms with Gasteiger partial charge in [-0.05, 0) is 41.5 Å². The number of halogens is 3. The summed E-state index contributed by atoms with van der Waals surface area (Å²) in [6.45, 7) is -0.258. The quantitative estimate of drug-likeness (QED) is 0.426. The lowest BCUT2D eigenvalue weighted by atomic mass is 10.0. The second-order valence-electron chi connectivity index (χ2n) is 7.39. The molecule has 0 atom stereocenters. The van der Waals surface area contributed by atoms with E-state index in [-0.39, 0.29) is 6.54 Å². The van der Waals surface area contributed by atoms with Crippen LogP contribution in [0.15, 0.2) is 66.9 Å². The number of thiophene rings is 1. The van der Waals surface area contributed by atoms with Crippen LogP contribution in [0.1, 0.15) is 26.4 Å². The molecule has 2 aromatic heterocycles. The van der Waals surface area contributed by atoms with Gasteiger partial charge in [0.1, 0.15) is 0 Å². The third kappa shape index (κ3) is 5.20. The van der Waals surface area contributed by atoms with Crippen LogP contribution in [-0.2, 0) is 17.4 Å². The topological polar surface area (TPSA) is 85.1 Å². The molecule has 0 aliphatic carbocycles. The van der Waals surface area contributed by atoms with E-state index in [9.17, 15) is 22.8 Å². The van der Waals surface area contributed by atoms with Crippen molar-refractivity contribution < 1.29 is 22.8 Å². The first-order valence-electron chi connectivity index (χ1n) is 9.91. The number of carbonyl (C=O) groups excluding carboxylic acids is 2. The molecule has 2 amide bonds. The molecule has 2 aromatic carbocycles. The number of aromatic nitrogens is 1. The molecule has 0 aliphatic rings. The maximum absolute atomic E-state index is 13.0. The minimum atomic E-state index is -4.39. The maximum Gasteiger partial charge on any atom is 0.416 e. The summed E-state index contributed by atoms with van der Waals surface area (Å²) in [6.07, 6.45) is -2.39. The number of nitrogens with zero attached hydrogens (tertiary/aromatic N) is 1. The summed E-state index contributed by atoms with van der Waals surface area (Å²) < 4.78 is 40.0. The van der Waals surface area contributed by atoms with E-state index in [4.69, 9.17) is 5.73 Å². The van der Waals surface area contributed by atoms with E-state index in [1.54, 1.807) is 30.5 Å². The van der Waals surface area contributed by atoms with Crippen molar-refractivity contribution in [3.63, 3.8) is 0 Å². The summed E-state index contributed by atoms with van der Waals surface area (Å²) >= 11 is 1.45. The third-order valence-corrected chi connectivity index (χ3v) is 6.11. The van der Waals surface area contributed by atoms with E-state index < -0.39 is 23.6 Å². The van der Waals surface area contributed by atoms with E-state index in [0.29, 0.717) is 17.5 Å². The van der Waals surface area contributed by atoms with Crippen molar-refractivity contribution in [2.45, 2.75) is 12.6 Å². The average molecular weight is 469 g/mol. The Bertz CT molecular complexity index is 1350. The Morgan fingerprint density at radius 2 is 1.82 bits per heavy atom. The van der Waals surface area contributed by atoms with Crippen LogP contribution in [0.2, 0.25) is 0 Å². The SMILES string of the molecule is NC(=O)CNC(=O)c1cccc(-c2ccnc3cc(Cc4cccc(C(F)(F)F)c4)sc23)c1. The molecule has 0 unspecified atom stereocenters. The second-order valence-corrected chi connectivity index (χ2v) is 8.53. The van der Waals surface area contributed by atoms with Crippen LogP contribution >= 0.6 is 11.3 Å². The predicted molar refractivity (Wildman–Crippen MR) is 121 cm³/mol. The predicted octanol–water partition coefficient (Wildman–Crippen LogP) is 4.79. The lowest BCUT2D eigenvalue weighted by molar-refractivity contribution is -0.137. The molecule has 0 saturated carbocycles. The number of alkyl halides is 3. The summed E-state index contributed by atoms with van der Waals surface area (Å²) in [7, 11) is 0. The van der Waals surface area contributed by atoms with Gasteiger partial charge in [-0.15, -0.1) is 11.3 Å². The molecule has 3 N–H and O–H groups in total. The Morgan fingerprint density at radius 1 is 1.03 bits per heavy atom. The Hall–Kier alpha value is -3.72. The van der Waals surface area contributed by atoms with E-state index in [1.165, 1.54) is 17.4 Å². The molecule has 5 nitrogen and oxygen atoms in total. The molecular formula is C24H18F3N3O2S. The van der Waals surface area contributed by atoms with Crippen molar-refractivity contribution in [3.8, 4) is 11.1 Å². The van der Waals surface area contributed by atoms with Crippen LogP contribution in [0.25, 0.3) is 21.3 Å². The Balaban J connectivity index is 1.64. The van der Waals surface area contributed by atoms with Gasteiger partial charge in [0, 0.05) is 28.6 Å². The number of hydrogen-bond donors (Lipinski definition) is 2. The number of hydrogen-bond acceptors (Lipinski definition) is 4. The zero-order chi connectivity index (χ0) is 23.6. The van der Waals surface area contributed by atoms with Gasteiger partial charge in [0.05, 0.1) is 22.3 Å². The molecule has 4 aromatic rings. The maximum atomic E-state index is 13.0. The Labute approximate surface area is 191 Å². The summed E-state index contributed by atoms with van der Waals surface area (Å²) in [5, 5.41) is 2.46. The molecule has 0 spiro atoms. The van der Waals surface area contributed by atoms with Gasteiger partial charge < -0.3 is 11.1 Å². The highest BCUT2D eigenvalue weighted by atomic mass is 32.1. The first kappa shape index (κ1) is 22.5. The first-order chi connectivity index (χ1) is 15.7. The average Bonchev–Trinajstić information content (AvgIpc) is 3.19. The van der Waals surface area contributed by atoms with Crippen LogP contribution in [0, 0.1) is 0 Å². The number of primary amides is 1. The number of rotatable bonds is 6. The molecule has 0 radical (unpaired) electrons. The summed E-state index contributed by atoms with van der Waals surface area (Å²) in [4.78, 5) is 28.5. The zero-order valence-corrected chi connectivity index (χ0v) is 18.0. The number of benzene rings is 2. The summed E-state index contributed by atoms with van der Waals surface area (Å²) in [5.41, 5.74) is 7.69. The highest BCUT2D eigenvalue weighted by Crippen LogP contribution is 2.36. The minimum absolute atomic E-state index is 0.258. The van der Waals surface area contributed by atoms with Gasteiger partial charge in [-0.25, -0.2) is 0 Å². The monoisotopic (exact) mass is 469 g/mol. The molecule has 0 fully saturated rings. The molecule has 0 saturated heterocycles. The molecule has 9 heteroatoms. The third-order valence-electron chi connectivity index (χ3n) is 4.95. The number of fused-ring (bicyclic) bond motifs is 1. The molecule has 33 heavy (non-hydrogen) atoms. The lowest BCUT2D eigenvalue weighted by Gasteiger charge is -2.08. The van der Waals surface area contributed by atoms with E-state index in [1.807, 2.05) is 18.2 Å². The fourth-order valence-corrected chi connectivity index (χ4v) is 4.64. The van der Waals surface area contributed by atoms with Crippen LogP contribution in [0.5, 0.6) is 0 Å². The van der Waals surface area contributed by atoms with Crippen molar-refractivity contribution in [2.24, 2.45) is 5.73 Å².